The van der Waals surface area contributed by atoms with Crippen molar-refractivity contribution >= 4 is 0 Å². The van der Waals surface area contributed by atoms with Gasteiger partial charge in [-0.25, -0.2) is 0 Å². The van der Waals surface area contributed by atoms with Crippen LogP contribution in [0.4, 0.5) is 0 Å². The molecule has 2 heterocycles. The number of hydrogen-bond donors (Lipinski definition) is 1. The van der Waals surface area contributed by atoms with Crippen molar-refractivity contribution in [2.75, 3.05) is 33.4 Å². The highest BCUT2D eigenvalue weighted by Gasteiger charge is 2.27. The number of aromatic nitrogens is 2. The highest BCUT2D eigenvalue weighted by atomic mass is 16.5. The largest absolute Gasteiger partial charge is 0.496 e. The summed E-state index contributed by atoms with van der Waals surface area (Å²) in [5.74, 6) is 0.950. The monoisotopic (exact) mass is 400 g/mol. The van der Waals surface area contributed by atoms with Gasteiger partial charge in [-0.05, 0) is 56.9 Å². The van der Waals surface area contributed by atoms with Crippen molar-refractivity contribution in [2.45, 2.75) is 59.8 Å². The Labute approximate surface area is 175 Å². The van der Waals surface area contributed by atoms with Crippen LogP contribution < -0.4 is 4.74 Å². The summed E-state index contributed by atoms with van der Waals surface area (Å²) in [5, 5.41) is 14.2. The smallest absolute Gasteiger partial charge is 0.122 e. The first-order valence-corrected chi connectivity index (χ1v) is 10.7. The maximum absolute atomic E-state index is 9.65. The lowest BCUT2D eigenvalue weighted by molar-refractivity contribution is 0.0497. The minimum atomic E-state index is 0.225. The minimum absolute atomic E-state index is 0.225. The molecular formula is C23H36N4O2. The number of piperazine rings is 1. The average molecular weight is 401 g/mol. The molecule has 0 radical (unpaired) electrons. The van der Waals surface area contributed by atoms with Crippen LogP contribution in [-0.2, 0) is 19.6 Å². The van der Waals surface area contributed by atoms with Crippen molar-refractivity contribution in [1.82, 2.24) is 19.6 Å². The van der Waals surface area contributed by atoms with E-state index >= 15 is 0 Å². The molecule has 1 atom stereocenters. The molecule has 1 aliphatic heterocycles. The number of benzene rings is 1. The first-order valence-electron chi connectivity index (χ1n) is 10.7. The van der Waals surface area contributed by atoms with Crippen LogP contribution in [0, 0.1) is 20.8 Å². The maximum atomic E-state index is 9.65. The van der Waals surface area contributed by atoms with Gasteiger partial charge in [-0.3, -0.25) is 14.5 Å². The molecule has 6 heteroatoms. The highest BCUT2D eigenvalue weighted by molar-refractivity contribution is 5.43. The van der Waals surface area contributed by atoms with E-state index in [1.165, 1.54) is 22.3 Å². The van der Waals surface area contributed by atoms with Crippen LogP contribution in [0.5, 0.6) is 5.75 Å². The Morgan fingerprint density at radius 1 is 1.10 bits per heavy atom. The lowest BCUT2D eigenvalue weighted by Gasteiger charge is -2.41. The molecule has 0 aliphatic carbocycles. The number of aliphatic hydroxyl groups excluding tert-OH is 1. The van der Waals surface area contributed by atoms with Gasteiger partial charge in [-0.1, -0.05) is 6.07 Å². The van der Waals surface area contributed by atoms with E-state index in [-0.39, 0.29) is 6.61 Å². The van der Waals surface area contributed by atoms with Crippen LogP contribution in [0.2, 0.25) is 0 Å². The van der Waals surface area contributed by atoms with Crippen LogP contribution in [0.1, 0.15) is 41.3 Å². The molecule has 0 saturated carbocycles. The number of ether oxygens (including phenoxy) is 1. The molecule has 0 bridgehead atoms. The van der Waals surface area contributed by atoms with Gasteiger partial charge >= 0.3 is 0 Å². The molecule has 0 unspecified atom stereocenters. The van der Waals surface area contributed by atoms with Gasteiger partial charge in [0.05, 0.1) is 12.8 Å². The molecule has 1 N–H and O–H groups in total. The maximum Gasteiger partial charge on any atom is 0.122 e. The number of methoxy groups -OCH3 is 1. The van der Waals surface area contributed by atoms with Gasteiger partial charge in [0.1, 0.15) is 5.75 Å². The van der Waals surface area contributed by atoms with E-state index in [4.69, 9.17) is 4.74 Å². The first-order chi connectivity index (χ1) is 14.0. The third-order valence-electron chi connectivity index (χ3n) is 6.36. The zero-order valence-electron chi connectivity index (χ0n) is 18.6. The Kier molecular flexibility index (Phi) is 7.33. The summed E-state index contributed by atoms with van der Waals surface area (Å²) in [7, 11) is 1.73. The fourth-order valence-electron chi connectivity index (χ4n) is 4.31. The summed E-state index contributed by atoms with van der Waals surface area (Å²) in [6.07, 6.45) is 2.98. The Morgan fingerprint density at radius 3 is 2.55 bits per heavy atom. The molecule has 1 saturated heterocycles. The molecule has 1 aromatic heterocycles. The SMILES string of the molecule is CCn1cc(CN2CCN(Cc3ccc(OC)c(C)c3C)[C@H](CCO)C2)c(C)n1. The normalized spacial score (nSPS) is 18.3. The van der Waals surface area contributed by atoms with Crippen LogP contribution in [0.25, 0.3) is 0 Å². The summed E-state index contributed by atoms with van der Waals surface area (Å²) in [5.41, 5.74) is 6.30. The third-order valence-corrected chi connectivity index (χ3v) is 6.36. The quantitative estimate of drug-likeness (QED) is 0.738. The Hall–Kier alpha value is -1.89. The molecule has 6 nitrogen and oxygen atoms in total. The molecule has 0 spiro atoms. The lowest BCUT2D eigenvalue weighted by Crippen LogP contribution is -2.52. The van der Waals surface area contributed by atoms with E-state index in [0.29, 0.717) is 6.04 Å². The third kappa shape index (κ3) is 5.00. The number of hydrogen-bond acceptors (Lipinski definition) is 5. The molecular weight excluding hydrogens is 364 g/mol. The predicted octanol–water partition coefficient (Wildman–Crippen LogP) is 2.91. The van der Waals surface area contributed by atoms with E-state index in [9.17, 15) is 5.11 Å². The molecule has 1 fully saturated rings. The topological polar surface area (TPSA) is 53.8 Å². The lowest BCUT2D eigenvalue weighted by atomic mass is 10.00. The van der Waals surface area contributed by atoms with Gasteiger partial charge in [0.15, 0.2) is 0 Å². The van der Waals surface area contributed by atoms with Crippen LogP contribution in [0.3, 0.4) is 0 Å². The summed E-state index contributed by atoms with van der Waals surface area (Å²) in [6.45, 7) is 14.5. The van der Waals surface area contributed by atoms with Gasteiger partial charge < -0.3 is 9.84 Å². The summed E-state index contributed by atoms with van der Waals surface area (Å²) in [6, 6.07) is 4.62. The van der Waals surface area contributed by atoms with Crippen LogP contribution in [0.15, 0.2) is 18.3 Å². The van der Waals surface area contributed by atoms with Crippen molar-refractivity contribution in [2.24, 2.45) is 0 Å². The molecule has 29 heavy (non-hydrogen) atoms. The average Bonchev–Trinajstić information content (AvgIpc) is 3.07. The van der Waals surface area contributed by atoms with E-state index in [2.05, 4.69) is 60.9 Å². The number of nitrogens with zero attached hydrogens (tertiary/aromatic N) is 4. The second-order valence-electron chi connectivity index (χ2n) is 8.14. The van der Waals surface area contributed by atoms with Crippen LogP contribution in [-0.4, -0.2) is 64.1 Å². The second-order valence-corrected chi connectivity index (χ2v) is 8.14. The summed E-state index contributed by atoms with van der Waals surface area (Å²) < 4.78 is 7.48. The number of aryl methyl sites for hydroxylation is 2. The van der Waals surface area contributed by atoms with Crippen molar-refractivity contribution in [3.8, 4) is 5.75 Å². The molecule has 3 rings (SSSR count). The molecule has 160 valence electrons. The number of rotatable bonds is 8. The molecule has 2 aromatic rings. The van der Waals surface area contributed by atoms with Crippen molar-refractivity contribution in [3.63, 3.8) is 0 Å². The second kappa shape index (κ2) is 9.74. The predicted molar refractivity (Wildman–Crippen MR) is 116 cm³/mol. The number of aliphatic hydroxyl groups is 1. The van der Waals surface area contributed by atoms with Gasteiger partial charge in [-0.2, -0.15) is 5.10 Å². The summed E-state index contributed by atoms with van der Waals surface area (Å²) >= 11 is 0. The highest BCUT2D eigenvalue weighted by Crippen LogP contribution is 2.26. The van der Waals surface area contributed by atoms with Gasteiger partial charge in [-0.15, -0.1) is 0 Å². The van der Waals surface area contributed by atoms with E-state index in [1.54, 1.807) is 7.11 Å². The standard InChI is InChI=1S/C23H36N4O2/c1-6-27-15-21(19(4)24-27)13-25-10-11-26(22(16-25)9-12-28)14-20-7-8-23(29-5)18(3)17(20)2/h7-8,15,22,28H,6,9-14,16H2,1-5H3/t22-/m1/s1. The fraction of sp³-hybridized carbons (Fsp3) is 0.609. The van der Waals surface area contributed by atoms with Crippen molar-refractivity contribution in [3.05, 3.63) is 46.3 Å². The van der Waals surface area contributed by atoms with Gasteiger partial charge in [0.25, 0.3) is 0 Å². The molecule has 1 aromatic carbocycles. The zero-order valence-corrected chi connectivity index (χ0v) is 18.6. The Morgan fingerprint density at radius 2 is 1.90 bits per heavy atom. The van der Waals surface area contributed by atoms with Crippen LogP contribution >= 0.6 is 0 Å². The minimum Gasteiger partial charge on any atom is -0.496 e. The molecule has 1 aliphatic rings. The van der Waals surface area contributed by atoms with Crippen molar-refractivity contribution < 1.29 is 9.84 Å². The van der Waals surface area contributed by atoms with E-state index in [0.717, 1.165) is 57.1 Å². The zero-order chi connectivity index (χ0) is 21.0. The summed E-state index contributed by atoms with van der Waals surface area (Å²) in [4.78, 5) is 5.04. The van der Waals surface area contributed by atoms with Gasteiger partial charge in [0.2, 0.25) is 0 Å². The van der Waals surface area contributed by atoms with Crippen molar-refractivity contribution in [1.29, 1.82) is 0 Å². The fourth-order valence-corrected chi connectivity index (χ4v) is 4.31. The molecule has 0 amide bonds. The van der Waals surface area contributed by atoms with E-state index in [1.807, 2.05) is 4.68 Å². The van der Waals surface area contributed by atoms with E-state index < -0.39 is 0 Å². The Bertz CT molecular complexity index is 817. The Balaban J connectivity index is 1.69. The first kappa shape index (κ1) is 21.8. The van der Waals surface area contributed by atoms with Gasteiger partial charge in [0, 0.05) is 63.7 Å².